The topological polar surface area (TPSA) is 3.24 Å². The van der Waals surface area contributed by atoms with E-state index in [2.05, 4.69) is 73.2 Å². The van der Waals surface area contributed by atoms with Gasteiger partial charge in [0.1, 0.15) is 0 Å². The third-order valence-corrected chi connectivity index (χ3v) is 7.66. The van der Waals surface area contributed by atoms with E-state index in [9.17, 15) is 0 Å². The van der Waals surface area contributed by atoms with Crippen molar-refractivity contribution in [1.29, 1.82) is 0 Å². The number of hydrogen-bond donors (Lipinski definition) is 0. The second kappa shape index (κ2) is 6.44. The highest BCUT2D eigenvalue weighted by molar-refractivity contribution is 8.41. The molecule has 0 spiro atoms. The van der Waals surface area contributed by atoms with Crippen molar-refractivity contribution in [3.8, 4) is 0 Å². The average molecular weight is 275 g/mol. The molecule has 19 heavy (non-hydrogen) atoms. The van der Waals surface area contributed by atoms with E-state index in [4.69, 9.17) is 0 Å². The van der Waals surface area contributed by atoms with Crippen molar-refractivity contribution in [3.63, 3.8) is 0 Å². The van der Waals surface area contributed by atoms with Crippen molar-refractivity contribution < 1.29 is 0 Å². The Morgan fingerprint density at radius 2 is 1.79 bits per heavy atom. The molecule has 0 aromatic heterocycles. The van der Waals surface area contributed by atoms with E-state index in [-0.39, 0.29) is 0 Å². The van der Waals surface area contributed by atoms with Crippen molar-refractivity contribution in [2.24, 2.45) is 0 Å². The van der Waals surface area contributed by atoms with Gasteiger partial charge < -0.3 is 0 Å². The van der Waals surface area contributed by atoms with Crippen LogP contribution < -0.4 is 0 Å². The van der Waals surface area contributed by atoms with Gasteiger partial charge in [-0.2, -0.15) is 0 Å². The van der Waals surface area contributed by atoms with Gasteiger partial charge in [0.15, 0.2) is 0 Å². The van der Waals surface area contributed by atoms with Gasteiger partial charge in [0, 0.05) is 4.91 Å². The highest BCUT2D eigenvalue weighted by atomic mass is 32.3. The number of rotatable bonds is 6. The molecule has 0 aliphatic carbocycles. The molecule has 0 saturated heterocycles. The van der Waals surface area contributed by atoms with Crippen LogP contribution in [-0.4, -0.2) is 24.2 Å². The van der Waals surface area contributed by atoms with E-state index in [1.807, 2.05) is 0 Å². The molecular formula is C17H25NS. The van der Waals surface area contributed by atoms with Crippen LogP contribution in [-0.2, 0) is 0 Å². The Bertz CT molecular complexity index is 461. The lowest BCUT2D eigenvalue weighted by atomic mass is 10.2. The molecule has 1 unspecified atom stereocenters. The normalized spacial score (nSPS) is 25.4. The van der Waals surface area contributed by atoms with Crippen LogP contribution in [0.15, 0.2) is 47.9 Å². The zero-order chi connectivity index (χ0) is 13.7. The van der Waals surface area contributed by atoms with Crippen LogP contribution in [0, 0.1) is 0 Å². The van der Waals surface area contributed by atoms with E-state index in [1.54, 1.807) is 0 Å². The second-order valence-electron chi connectivity index (χ2n) is 5.20. The Hall–Kier alpha value is -0.990. The standard InChI is InChI=1S/C17H25NS/c1-4-5-9-14-19(18(2)3)15-10-13-17(19)16-11-7-6-8-12-16/h6-8,10-13,15H,4-5,9,14H2,1-3H3. The van der Waals surface area contributed by atoms with Gasteiger partial charge in [0.05, 0.1) is 0 Å². The lowest BCUT2D eigenvalue weighted by Crippen LogP contribution is -2.20. The van der Waals surface area contributed by atoms with Gasteiger partial charge in [-0.05, 0) is 43.3 Å². The van der Waals surface area contributed by atoms with E-state index in [0.717, 1.165) is 0 Å². The van der Waals surface area contributed by atoms with Crippen molar-refractivity contribution in [3.05, 3.63) is 53.5 Å². The minimum atomic E-state index is -0.930. The Morgan fingerprint density at radius 1 is 1.05 bits per heavy atom. The van der Waals surface area contributed by atoms with E-state index in [0.29, 0.717) is 0 Å². The molecule has 1 aromatic carbocycles. The molecule has 1 atom stereocenters. The van der Waals surface area contributed by atoms with Crippen LogP contribution in [0.25, 0.3) is 4.91 Å². The maximum Gasteiger partial charge on any atom is 0.0134 e. The lowest BCUT2D eigenvalue weighted by Gasteiger charge is -2.43. The maximum absolute atomic E-state index is 2.45. The fourth-order valence-electron chi connectivity index (χ4n) is 2.60. The predicted octanol–water partition coefficient (Wildman–Crippen LogP) is 5.03. The summed E-state index contributed by atoms with van der Waals surface area (Å²) in [5.41, 5.74) is 1.38. The Balaban J connectivity index is 2.27. The quantitative estimate of drug-likeness (QED) is 0.658. The molecule has 0 bridgehead atoms. The Morgan fingerprint density at radius 3 is 2.42 bits per heavy atom. The van der Waals surface area contributed by atoms with Crippen molar-refractivity contribution in [2.45, 2.75) is 26.2 Å². The largest absolute Gasteiger partial charge is 0.266 e. The molecular weight excluding hydrogens is 250 g/mol. The molecule has 2 heteroatoms. The number of benzene rings is 1. The number of hydrogen-bond acceptors (Lipinski definition) is 1. The van der Waals surface area contributed by atoms with Gasteiger partial charge in [0.25, 0.3) is 0 Å². The average Bonchev–Trinajstić information content (AvgIpc) is 2.85. The molecule has 1 nitrogen and oxygen atoms in total. The fraction of sp³-hybridized carbons (Fsp3) is 0.412. The van der Waals surface area contributed by atoms with Crippen molar-refractivity contribution in [2.75, 3.05) is 19.8 Å². The third-order valence-electron chi connectivity index (χ3n) is 3.70. The monoisotopic (exact) mass is 275 g/mol. The van der Waals surface area contributed by atoms with Crippen LogP contribution >= 0.6 is 10.2 Å². The van der Waals surface area contributed by atoms with Gasteiger partial charge in [-0.25, -0.2) is 0 Å². The molecule has 1 aliphatic heterocycles. The summed E-state index contributed by atoms with van der Waals surface area (Å²) in [4.78, 5) is 1.52. The van der Waals surface area contributed by atoms with Gasteiger partial charge in [-0.1, -0.05) is 56.2 Å². The first-order valence-electron chi connectivity index (χ1n) is 7.13. The smallest absolute Gasteiger partial charge is 0.0134 e. The summed E-state index contributed by atoms with van der Waals surface area (Å²) >= 11 is 0. The molecule has 0 radical (unpaired) electrons. The first-order chi connectivity index (χ1) is 9.20. The zero-order valence-corrected chi connectivity index (χ0v) is 13.1. The molecule has 104 valence electrons. The van der Waals surface area contributed by atoms with Gasteiger partial charge in [-0.15, -0.1) is 10.2 Å². The predicted molar refractivity (Wildman–Crippen MR) is 89.2 cm³/mol. The summed E-state index contributed by atoms with van der Waals surface area (Å²) < 4.78 is 2.45. The van der Waals surface area contributed by atoms with Crippen LogP contribution in [0.3, 0.4) is 0 Å². The number of nitrogens with zero attached hydrogens (tertiary/aromatic N) is 1. The first kappa shape index (κ1) is 14.4. The van der Waals surface area contributed by atoms with Crippen LogP contribution in [0.1, 0.15) is 31.7 Å². The molecule has 2 rings (SSSR count). The van der Waals surface area contributed by atoms with Gasteiger partial charge in [-0.3, -0.25) is 4.31 Å². The van der Waals surface area contributed by atoms with Crippen molar-refractivity contribution in [1.82, 2.24) is 4.31 Å². The summed E-state index contributed by atoms with van der Waals surface area (Å²) in [6, 6.07) is 10.9. The van der Waals surface area contributed by atoms with Crippen LogP contribution in [0.2, 0.25) is 0 Å². The molecule has 0 fully saturated rings. The first-order valence-corrected chi connectivity index (χ1v) is 8.95. The summed E-state index contributed by atoms with van der Waals surface area (Å²) in [5, 5.41) is 2.45. The fourth-order valence-corrected chi connectivity index (χ4v) is 5.95. The van der Waals surface area contributed by atoms with E-state index >= 15 is 0 Å². The number of unbranched alkanes of at least 4 members (excludes halogenated alkanes) is 2. The molecule has 1 heterocycles. The lowest BCUT2D eigenvalue weighted by molar-refractivity contribution is 0.680. The SMILES string of the molecule is CCCCCS1(N(C)C)C=CC=C1c1ccccc1. The van der Waals surface area contributed by atoms with E-state index in [1.165, 1.54) is 35.5 Å². The maximum atomic E-state index is 2.45. The molecule has 1 aliphatic rings. The van der Waals surface area contributed by atoms with Crippen LogP contribution in [0.4, 0.5) is 0 Å². The Labute approximate surface area is 119 Å². The van der Waals surface area contributed by atoms with Crippen LogP contribution in [0.5, 0.6) is 0 Å². The summed E-state index contributed by atoms with van der Waals surface area (Å²) in [5.74, 6) is 1.28. The zero-order valence-electron chi connectivity index (χ0n) is 12.3. The highest BCUT2D eigenvalue weighted by Gasteiger charge is 2.31. The molecule has 0 N–H and O–H groups in total. The minimum Gasteiger partial charge on any atom is -0.266 e. The minimum absolute atomic E-state index is 0.930. The summed E-state index contributed by atoms with van der Waals surface area (Å²) in [7, 11) is 3.53. The molecule has 0 amide bonds. The number of allylic oxidation sites excluding steroid dienone is 2. The van der Waals surface area contributed by atoms with Crippen molar-refractivity contribution >= 4 is 15.1 Å². The summed E-state index contributed by atoms with van der Waals surface area (Å²) in [6.07, 6.45) is 8.51. The van der Waals surface area contributed by atoms with Gasteiger partial charge >= 0.3 is 0 Å². The summed E-state index contributed by atoms with van der Waals surface area (Å²) in [6.45, 7) is 2.27. The second-order valence-corrected chi connectivity index (χ2v) is 8.56. The molecule has 0 saturated carbocycles. The third kappa shape index (κ3) is 2.96. The highest BCUT2D eigenvalue weighted by Crippen LogP contribution is 2.65. The Kier molecular flexibility index (Phi) is 4.89. The molecule has 1 aromatic rings. The van der Waals surface area contributed by atoms with Gasteiger partial charge in [0.2, 0.25) is 0 Å². The van der Waals surface area contributed by atoms with E-state index < -0.39 is 10.2 Å².